The van der Waals surface area contributed by atoms with Gasteiger partial charge in [0.05, 0.1) is 0 Å². The Kier molecular flexibility index (Phi) is 4.84. The van der Waals surface area contributed by atoms with Gasteiger partial charge in [-0.15, -0.1) is 0 Å². The van der Waals surface area contributed by atoms with Gasteiger partial charge in [0.1, 0.15) is 17.2 Å². The summed E-state index contributed by atoms with van der Waals surface area (Å²) < 4.78 is 0. The zero-order valence-corrected chi connectivity index (χ0v) is 16.1. The highest BCUT2D eigenvalue weighted by atomic mass is 35.5. The Morgan fingerprint density at radius 3 is 2.59 bits per heavy atom. The summed E-state index contributed by atoms with van der Waals surface area (Å²) in [4.78, 5) is 7.36. The van der Waals surface area contributed by atoms with Crippen LogP contribution >= 0.6 is 11.6 Å². The van der Waals surface area contributed by atoms with Crippen LogP contribution < -0.4 is 5.32 Å². The molecule has 0 unspecified atom stereocenters. The van der Waals surface area contributed by atoms with E-state index in [0.717, 1.165) is 42.8 Å². The molecule has 2 aromatic rings. The fourth-order valence-corrected chi connectivity index (χ4v) is 4.21. The molecule has 4 rings (SSSR count). The normalized spacial score (nSPS) is 22.6. The van der Waals surface area contributed by atoms with Crippen LogP contribution in [0, 0.1) is 0 Å². The second-order valence-corrected chi connectivity index (χ2v) is 7.95. The maximum absolute atomic E-state index is 10.4. The smallest absolute Gasteiger partial charge is 0.124 e. The van der Waals surface area contributed by atoms with Crippen molar-refractivity contribution in [1.29, 1.82) is 0 Å². The minimum atomic E-state index is -0.401. The average Bonchev–Trinajstić information content (AvgIpc) is 2.66. The quantitative estimate of drug-likeness (QED) is 0.737. The fraction of sp³-hybridized carbons (Fsp3) is 0.381. The summed E-state index contributed by atoms with van der Waals surface area (Å²) in [6.07, 6.45) is 2.32. The van der Waals surface area contributed by atoms with Gasteiger partial charge >= 0.3 is 0 Å². The van der Waals surface area contributed by atoms with Crippen molar-refractivity contribution in [1.82, 2.24) is 10.2 Å². The van der Waals surface area contributed by atoms with E-state index >= 15 is 0 Å². The van der Waals surface area contributed by atoms with E-state index in [1.165, 1.54) is 0 Å². The minimum Gasteiger partial charge on any atom is -0.508 e. The third kappa shape index (κ3) is 3.68. The SMILES string of the molecule is CN1CCC2(CC1)N=C(c1ccccc1O)C[C@@H](c1cc(Cl)ccc1O)N2. The predicted molar refractivity (Wildman–Crippen MR) is 108 cm³/mol. The van der Waals surface area contributed by atoms with Crippen LogP contribution in [0.25, 0.3) is 0 Å². The Balaban J connectivity index is 1.77. The molecule has 3 N–H and O–H groups in total. The third-order valence-corrected chi connectivity index (χ3v) is 5.82. The van der Waals surface area contributed by atoms with Gasteiger partial charge in [0.15, 0.2) is 0 Å². The van der Waals surface area contributed by atoms with E-state index in [-0.39, 0.29) is 17.5 Å². The lowest BCUT2D eigenvalue weighted by Crippen LogP contribution is -2.55. The van der Waals surface area contributed by atoms with Crippen LogP contribution in [-0.4, -0.2) is 46.6 Å². The van der Waals surface area contributed by atoms with Gasteiger partial charge in [-0.3, -0.25) is 10.3 Å². The largest absolute Gasteiger partial charge is 0.508 e. The summed E-state index contributed by atoms with van der Waals surface area (Å²) in [5.74, 6) is 0.453. The maximum atomic E-state index is 10.4. The number of rotatable bonds is 2. The van der Waals surface area contributed by atoms with Gasteiger partial charge in [-0.2, -0.15) is 0 Å². The summed E-state index contributed by atoms with van der Waals surface area (Å²) in [7, 11) is 2.11. The Morgan fingerprint density at radius 2 is 1.85 bits per heavy atom. The third-order valence-electron chi connectivity index (χ3n) is 5.58. The van der Waals surface area contributed by atoms with Crippen molar-refractivity contribution in [2.75, 3.05) is 20.1 Å². The lowest BCUT2D eigenvalue weighted by molar-refractivity contribution is 0.144. The molecular formula is C21H24ClN3O2. The van der Waals surface area contributed by atoms with E-state index in [4.69, 9.17) is 16.6 Å². The fourth-order valence-electron chi connectivity index (χ4n) is 4.03. The molecule has 0 saturated carbocycles. The molecule has 2 heterocycles. The van der Waals surface area contributed by atoms with E-state index in [9.17, 15) is 10.2 Å². The van der Waals surface area contributed by atoms with Crippen LogP contribution in [0.3, 0.4) is 0 Å². The molecule has 0 aliphatic carbocycles. The van der Waals surface area contributed by atoms with Crippen molar-refractivity contribution in [3.8, 4) is 11.5 Å². The highest BCUT2D eigenvalue weighted by molar-refractivity contribution is 6.30. The summed E-state index contributed by atoms with van der Waals surface area (Å²) in [5.41, 5.74) is 1.98. The second-order valence-electron chi connectivity index (χ2n) is 7.51. The summed E-state index contributed by atoms with van der Waals surface area (Å²) in [5, 5.41) is 25.1. The lowest BCUT2D eigenvalue weighted by atomic mass is 9.87. The first-order valence-electron chi connectivity index (χ1n) is 9.27. The monoisotopic (exact) mass is 385 g/mol. The number of aromatic hydroxyl groups is 2. The number of likely N-dealkylation sites (tertiary alicyclic amines) is 1. The number of halogens is 1. The summed E-state index contributed by atoms with van der Waals surface area (Å²) in [6.45, 7) is 1.89. The first-order valence-corrected chi connectivity index (χ1v) is 9.65. The van der Waals surface area contributed by atoms with Crippen LogP contribution in [0.5, 0.6) is 11.5 Å². The molecule has 0 amide bonds. The molecule has 142 valence electrons. The maximum Gasteiger partial charge on any atom is 0.124 e. The van der Waals surface area contributed by atoms with Crippen LogP contribution in [0.4, 0.5) is 0 Å². The van der Waals surface area contributed by atoms with Crippen LogP contribution in [-0.2, 0) is 0 Å². The standard InChI is InChI=1S/C21H24ClN3O2/c1-25-10-8-21(9-11-25)23-17(15-4-2-3-5-19(15)26)13-18(24-21)16-12-14(22)6-7-20(16)27/h2-7,12,18,24,26-27H,8-11,13H2,1H3/t18-/m0/s1. The molecule has 0 bridgehead atoms. The highest BCUT2D eigenvalue weighted by Crippen LogP contribution is 2.39. The number of piperidine rings is 1. The molecule has 1 fully saturated rings. The molecule has 27 heavy (non-hydrogen) atoms. The number of hydrogen-bond acceptors (Lipinski definition) is 5. The number of para-hydroxylation sites is 1. The van der Waals surface area contributed by atoms with Crippen molar-refractivity contribution in [3.05, 3.63) is 58.6 Å². The first kappa shape index (κ1) is 18.3. The van der Waals surface area contributed by atoms with Crippen LogP contribution in [0.1, 0.15) is 36.4 Å². The van der Waals surface area contributed by atoms with E-state index in [2.05, 4.69) is 17.3 Å². The topological polar surface area (TPSA) is 68.1 Å². The molecule has 1 saturated heterocycles. The molecule has 1 spiro atoms. The van der Waals surface area contributed by atoms with Crippen molar-refractivity contribution < 1.29 is 10.2 Å². The zero-order valence-electron chi connectivity index (χ0n) is 15.3. The van der Waals surface area contributed by atoms with Crippen molar-refractivity contribution in [3.63, 3.8) is 0 Å². The van der Waals surface area contributed by atoms with E-state index in [0.29, 0.717) is 11.4 Å². The molecule has 5 nitrogen and oxygen atoms in total. The van der Waals surface area contributed by atoms with E-state index in [1.807, 2.05) is 24.3 Å². The number of hydrogen-bond donors (Lipinski definition) is 3. The number of phenols is 2. The Morgan fingerprint density at radius 1 is 1.11 bits per heavy atom. The van der Waals surface area contributed by atoms with Gasteiger partial charge in [-0.25, -0.2) is 0 Å². The van der Waals surface area contributed by atoms with Crippen molar-refractivity contribution >= 4 is 17.3 Å². The van der Waals surface area contributed by atoms with E-state index in [1.54, 1.807) is 18.2 Å². The highest BCUT2D eigenvalue weighted by Gasteiger charge is 2.40. The number of benzene rings is 2. The van der Waals surface area contributed by atoms with Gasteiger partial charge in [0.25, 0.3) is 0 Å². The van der Waals surface area contributed by atoms with Gasteiger partial charge in [-0.1, -0.05) is 23.7 Å². The molecule has 6 heteroatoms. The lowest BCUT2D eigenvalue weighted by Gasteiger charge is -2.44. The minimum absolute atomic E-state index is 0.126. The Bertz CT molecular complexity index is 875. The Hall–Kier alpha value is -2.08. The van der Waals surface area contributed by atoms with E-state index < -0.39 is 5.66 Å². The first-order chi connectivity index (χ1) is 13.0. The van der Waals surface area contributed by atoms with Gasteiger partial charge < -0.3 is 15.1 Å². The summed E-state index contributed by atoms with van der Waals surface area (Å²) >= 11 is 6.20. The summed E-state index contributed by atoms with van der Waals surface area (Å²) in [6, 6.07) is 12.3. The number of aliphatic imine (C=N–C) groups is 1. The number of nitrogens with one attached hydrogen (secondary N) is 1. The van der Waals surface area contributed by atoms with Crippen molar-refractivity contribution in [2.24, 2.45) is 4.99 Å². The zero-order chi connectivity index (χ0) is 19.0. The molecule has 2 aliphatic heterocycles. The van der Waals surface area contributed by atoms with Crippen LogP contribution in [0.15, 0.2) is 47.5 Å². The molecule has 1 atom stereocenters. The molecule has 2 aromatic carbocycles. The molecule has 2 aliphatic rings. The van der Waals surface area contributed by atoms with Gasteiger partial charge in [0, 0.05) is 47.4 Å². The van der Waals surface area contributed by atoms with Crippen molar-refractivity contribution in [2.45, 2.75) is 31.0 Å². The predicted octanol–water partition coefficient (Wildman–Crippen LogP) is 3.70. The second kappa shape index (κ2) is 7.15. The average molecular weight is 386 g/mol. The van der Waals surface area contributed by atoms with Crippen LogP contribution in [0.2, 0.25) is 5.02 Å². The molecular weight excluding hydrogens is 362 g/mol. The van der Waals surface area contributed by atoms with Gasteiger partial charge in [-0.05, 0) is 50.2 Å². The Labute approximate surface area is 164 Å². The number of nitrogens with zero attached hydrogens (tertiary/aromatic N) is 2. The van der Waals surface area contributed by atoms with Gasteiger partial charge in [0.2, 0.25) is 0 Å². The number of phenolic OH excluding ortho intramolecular Hbond substituents is 2. The molecule has 0 radical (unpaired) electrons. The molecule has 0 aromatic heterocycles.